The molecule has 1 saturated heterocycles. The van der Waals surface area contributed by atoms with Crippen molar-refractivity contribution < 1.29 is 0 Å². The van der Waals surface area contributed by atoms with E-state index in [1.54, 1.807) is 0 Å². The molecule has 0 aromatic carbocycles. The van der Waals surface area contributed by atoms with Crippen LogP contribution in [0.4, 0.5) is 0 Å². The van der Waals surface area contributed by atoms with E-state index in [-0.39, 0.29) is 0 Å². The van der Waals surface area contributed by atoms with Crippen molar-refractivity contribution in [2.24, 2.45) is 17.1 Å². The summed E-state index contributed by atoms with van der Waals surface area (Å²) in [4.78, 5) is 5.16. The Labute approximate surface area is 119 Å². The zero-order chi connectivity index (χ0) is 14.0. The minimum absolute atomic E-state index is 0.418. The quantitative estimate of drug-likeness (QED) is 0.832. The van der Waals surface area contributed by atoms with E-state index in [0.29, 0.717) is 23.4 Å². The van der Waals surface area contributed by atoms with Crippen molar-refractivity contribution in [2.75, 3.05) is 33.2 Å². The third-order valence-corrected chi connectivity index (χ3v) is 5.23. The van der Waals surface area contributed by atoms with Gasteiger partial charge in [-0.3, -0.25) is 4.90 Å². The molecule has 0 aromatic rings. The second kappa shape index (κ2) is 6.11. The molecule has 19 heavy (non-hydrogen) atoms. The van der Waals surface area contributed by atoms with E-state index in [1.807, 2.05) is 0 Å². The highest BCUT2D eigenvalue weighted by Crippen LogP contribution is 2.38. The molecule has 0 radical (unpaired) electrons. The number of rotatable bonds is 2. The fourth-order valence-electron chi connectivity index (χ4n) is 3.95. The van der Waals surface area contributed by atoms with Crippen LogP contribution in [0.1, 0.15) is 46.5 Å². The van der Waals surface area contributed by atoms with E-state index < -0.39 is 0 Å². The molecule has 0 bridgehead atoms. The van der Waals surface area contributed by atoms with Crippen LogP contribution in [-0.2, 0) is 0 Å². The summed E-state index contributed by atoms with van der Waals surface area (Å²) >= 11 is 0. The SMILES string of the molecule is CC1CN(C)CCCN1CC1CC(C)(C)CCC1N. The predicted molar refractivity (Wildman–Crippen MR) is 82.2 cm³/mol. The van der Waals surface area contributed by atoms with Crippen LogP contribution in [0.2, 0.25) is 0 Å². The molecule has 2 aliphatic rings. The van der Waals surface area contributed by atoms with Gasteiger partial charge in [0.15, 0.2) is 0 Å². The van der Waals surface area contributed by atoms with Gasteiger partial charge in [0.05, 0.1) is 0 Å². The molecule has 3 heteroatoms. The summed E-state index contributed by atoms with van der Waals surface area (Å²) in [5, 5.41) is 0. The Morgan fingerprint density at radius 3 is 2.74 bits per heavy atom. The zero-order valence-corrected chi connectivity index (χ0v) is 13.4. The van der Waals surface area contributed by atoms with Crippen molar-refractivity contribution in [3.05, 3.63) is 0 Å². The highest BCUT2D eigenvalue weighted by Gasteiger charge is 2.34. The van der Waals surface area contributed by atoms with E-state index in [0.717, 1.165) is 0 Å². The van der Waals surface area contributed by atoms with Gasteiger partial charge in [-0.25, -0.2) is 0 Å². The van der Waals surface area contributed by atoms with Crippen LogP contribution in [-0.4, -0.2) is 55.1 Å². The molecule has 1 heterocycles. The maximum absolute atomic E-state index is 6.39. The van der Waals surface area contributed by atoms with Gasteiger partial charge in [-0.1, -0.05) is 13.8 Å². The van der Waals surface area contributed by atoms with Crippen LogP contribution < -0.4 is 5.73 Å². The lowest BCUT2D eigenvalue weighted by Crippen LogP contribution is -2.48. The molecule has 3 atom stereocenters. The number of hydrogen-bond acceptors (Lipinski definition) is 3. The lowest BCUT2D eigenvalue weighted by molar-refractivity contribution is 0.0973. The van der Waals surface area contributed by atoms with Crippen LogP contribution in [0, 0.1) is 11.3 Å². The molecular formula is C16H33N3. The second-order valence-electron chi connectivity index (χ2n) is 7.79. The smallest absolute Gasteiger partial charge is 0.0194 e. The fraction of sp³-hybridized carbons (Fsp3) is 1.00. The molecule has 3 nitrogen and oxygen atoms in total. The van der Waals surface area contributed by atoms with E-state index in [2.05, 4.69) is 37.6 Å². The first-order valence-corrected chi connectivity index (χ1v) is 8.05. The Balaban J connectivity index is 1.94. The van der Waals surface area contributed by atoms with Crippen molar-refractivity contribution >= 4 is 0 Å². The highest BCUT2D eigenvalue weighted by atomic mass is 15.2. The van der Waals surface area contributed by atoms with Crippen molar-refractivity contribution in [3.8, 4) is 0 Å². The molecule has 1 saturated carbocycles. The first-order valence-electron chi connectivity index (χ1n) is 8.05. The Bertz CT molecular complexity index is 290. The fourth-order valence-corrected chi connectivity index (χ4v) is 3.95. The highest BCUT2D eigenvalue weighted by molar-refractivity contribution is 4.90. The van der Waals surface area contributed by atoms with Crippen LogP contribution in [0.5, 0.6) is 0 Å². The Morgan fingerprint density at radius 2 is 2.00 bits per heavy atom. The first kappa shape index (κ1) is 15.3. The summed E-state index contributed by atoms with van der Waals surface area (Å²) in [6.45, 7) is 12.1. The molecule has 0 aromatic heterocycles. The van der Waals surface area contributed by atoms with Gasteiger partial charge in [-0.2, -0.15) is 0 Å². The average molecular weight is 267 g/mol. The molecule has 2 fully saturated rings. The maximum atomic E-state index is 6.39. The van der Waals surface area contributed by atoms with Gasteiger partial charge in [0.2, 0.25) is 0 Å². The molecule has 0 amide bonds. The molecule has 3 unspecified atom stereocenters. The number of nitrogens with two attached hydrogens (primary N) is 1. The minimum atomic E-state index is 0.418. The molecule has 2 rings (SSSR count). The predicted octanol–water partition coefficient (Wildman–Crippen LogP) is 2.17. The number of nitrogens with zero attached hydrogens (tertiary/aromatic N) is 2. The molecule has 1 aliphatic carbocycles. The summed E-state index contributed by atoms with van der Waals surface area (Å²) in [6, 6.07) is 1.09. The van der Waals surface area contributed by atoms with Crippen LogP contribution in [0.15, 0.2) is 0 Å². The standard InChI is InChI=1S/C16H33N3/c1-13-11-18(4)8-5-9-19(13)12-14-10-16(2,3)7-6-15(14)17/h13-15H,5-12,17H2,1-4H3. The Kier molecular flexibility index (Phi) is 4.91. The lowest BCUT2D eigenvalue weighted by atomic mass is 9.70. The summed E-state index contributed by atoms with van der Waals surface area (Å²) < 4.78 is 0. The van der Waals surface area contributed by atoms with E-state index in [4.69, 9.17) is 5.73 Å². The van der Waals surface area contributed by atoms with Crippen LogP contribution >= 0.6 is 0 Å². The van der Waals surface area contributed by atoms with Crippen LogP contribution in [0.25, 0.3) is 0 Å². The summed E-state index contributed by atoms with van der Waals surface area (Å²) in [7, 11) is 2.25. The van der Waals surface area contributed by atoms with Crippen molar-refractivity contribution in [2.45, 2.75) is 58.5 Å². The monoisotopic (exact) mass is 267 g/mol. The number of likely N-dealkylation sites (N-methyl/N-ethyl adjacent to an activating group) is 1. The zero-order valence-electron chi connectivity index (χ0n) is 13.4. The Hall–Kier alpha value is -0.120. The third-order valence-electron chi connectivity index (χ3n) is 5.23. The number of hydrogen-bond donors (Lipinski definition) is 1. The van der Waals surface area contributed by atoms with Gasteiger partial charge >= 0.3 is 0 Å². The van der Waals surface area contributed by atoms with Crippen molar-refractivity contribution in [1.29, 1.82) is 0 Å². The van der Waals surface area contributed by atoms with Gasteiger partial charge in [0.1, 0.15) is 0 Å². The lowest BCUT2D eigenvalue weighted by Gasteiger charge is -2.42. The van der Waals surface area contributed by atoms with Gasteiger partial charge in [0, 0.05) is 25.2 Å². The van der Waals surface area contributed by atoms with Crippen molar-refractivity contribution in [3.63, 3.8) is 0 Å². The normalized spacial score (nSPS) is 38.1. The van der Waals surface area contributed by atoms with Gasteiger partial charge < -0.3 is 10.6 Å². The minimum Gasteiger partial charge on any atom is -0.327 e. The van der Waals surface area contributed by atoms with Crippen LogP contribution in [0.3, 0.4) is 0 Å². The third kappa shape index (κ3) is 4.17. The summed E-state index contributed by atoms with van der Waals surface area (Å²) in [6.07, 6.45) is 5.10. The van der Waals surface area contributed by atoms with Crippen molar-refractivity contribution in [1.82, 2.24) is 9.80 Å². The molecule has 0 spiro atoms. The maximum Gasteiger partial charge on any atom is 0.0194 e. The van der Waals surface area contributed by atoms with Gasteiger partial charge in [-0.05, 0) is 64.1 Å². The first-order chi connectivity index (χ1) is 8.87. The summed E-state index contributed by atoms with van der Waals surface area (Å²) in [5.74, 6) is 0.689. The van der Waals surface area contributed by atoms with E-state index in [9.17, 15) is 0 Å². The Morgan fingerprint density at radius 1 is 1.26 bits per heavy atom. The largest absolute Gasteiger partial charge is 0.327 e. The van der Waals surface area contributed by atoms with E-state index >= 15 is 0 Å². The topological polar surface area (TPSA) is 32.5 Å². The summed E-state index contributed by atoms with van der Waals surface area (Å²) in [5.41, 5.74) is 6.88. The molecule has 112 valence electrons. The van der Waals surface area contributed by atoms with E-state index in [1.165, 1.54) is 51.9 Å². The molecule has 2 N–H and O–H groups in total. The van der Waals surface area contributed by atoms with Gasteiger partial charge in [0.25, 0.3) is 0 Å². The molecule has 1 aliphatic heterocycles. The molecular weight excluding hydrogens is 234 g/mol. The second-order valence-corrected chi connectivity index (χ2v) is 7.79. The van der Waals surface area contributed by atoms with Gasteiger partial charge in [-0.15, -0.1) is 0 Å². The average Bonchev–Trinajstić information content (AvgIpc) is 2.46.